The number of anilines is 1. The number of thioether (sulfide) groups is 1. The van der Waals surface area contributed by atoms with Crippen LogP contribution < -0.4 is 5.32 Å². The second-order valence-electron chi connectivity index (χ2n) is 8.19. The van der Waals surface area contributed by atoms with E-state index in [2.05, 4.69) is 27.6 Å². The fourth-order valence-corrected chi connectivity index (χ4v) is 6.33. The van der Waals surface area contributed by atoms with Crippen LogP contribution in [-0.2, 0) is 27.8 Å². The summed E-state index contributed by atoms with van der Waals surface area (Å²) in [5, 5.41) is 11.8. The number of nitrogens with zero attached hydrogens (tertiary/aromatic N) is 4. The Morgan fingerprint density at radius 1 is 1.06 bits per heavy atom. The van der Waals surface area contributed by atoms with Crippen molar-refractivity contribution in [1.82, 2.24) is 19.1 Å². The summed E-state index contributed by atoms with van der Waals surface area (Å²) in [6.45, 7) is 5.68. The largest absolute Gasteiger partial charge is 0.325 e. The van der Waals surface area contributed by atoms with Crippen molar-refractivity contribution in [3.63, 3.8) is 0 Å². The number of rotatable bonds is 9. The number of aromatic nitrogens is 3. The van der Waals surface area contributed by atoms with Crippen LogP contribution in [0.4, 0.5) is 5.69 Å². The predicted octanol–water partition coefficient (Wildman–Crippen LogP) is 3.79. The summed E-state index contributed by atoms with van der Waals surface area (Å²) in [6, 6.07) is 16.4. The lowest BCUT2D eigenvalue weighted by atomic mass is 10.1. The van der Waals surface area contributed by atoms with Gasteiger partial charge in [0.05, 0.1) is 10.1 Å². The summed E-state index contributed by atoms with van der Waals surface area (Å²) < 4.78 is 28.9. The third kappa shape index (κ3) is 5.51. The third-order valence-corrected chi connectivity index (χ3v) is 8.78. The van der Waals surface area contributed by atoms with E-state index in [1.807, 2.05) is 36.6 Å². The summed E-state index contributed by atoms with van der Waals surface area (Å²) in [4.78, 5) is 13.0. The number of amides is 1. The summed E-state index contributed by atoms with van der Waals surface area (Å²) in [7, 11) is -3.47. The van der Waals surface area contributed by atoms with Gasteiger partial charge in [-0.1, -0.05) is 42.1 Å². The Hall–Kier alpha value is -2.69. The van der Waals surface area contributed by atoms with Crippen molar-refractivity contribution in [3.05, 3.63) is 66.0 Å². The van der Waals surface area contributed by atoms with Crippen LogP contribution >= 0.6 is 11.8 Å². The fraction of sp³-hybridized carbons (Fsp3) is 0.375. The molecule has 2 heterocycles. The molecule has 0 radical (unpaired) electrons. The van der Waals surface area contributed by atoms with Crippen molar-refractivity contribution < 1.29 is 13.2 Å². The van der Waals surface area contributed by atoms with Gasteiger partial charge in [-0.2, -0.15) is 4.31 Å². The van der Waals surface area contributed by atoms with E-state index in [1.54, 1.807) is 24.3 Å². The van der Waals surface area contributed by atoms with Gasteiger partial charge in [-0.25, -0.2) is 8.42 Å². The average Bonchev–Trinajstić information content (AvgIpc) is 3.51. The van der Waals surface area contributed by atoms with Crippen LogP contribution in [0.15, 0.2) is 64.6 Å². The molecule has 4 rings (SSSR count). The van der Waals surface area contributed by atoms with Crippen LogP contribution in [-0.4, -0.2) is 51.7 Å². The van der Waals surface area contributed by atoms with Gasteiger partial charge >= 0.3 is 0 Å². The Kier molecular flexibility index (Phi) is 7.70. The third-order valence-electron chi connectivity index (χ3n) is 5.79. The molecule has 1 saturated heterocycles. The van der Waals surface area contributed by atoms with Crippen LogP contribution in [0.1, 0.15) is 38.1 Å². The zero-order valence-corrected chi connectivity index (χ0v) is 21.0. The molecule has 0 spiro atoms. The predicted molar refractivity (Wildman–Crippen MR) is 133 cm³/mol. The molecular formula is C24H29N5O3S2. The van der Waals surface area contributed by atoms with Crippen LogP contribution in [0.25, 0.3) is 0 Å². The van der Waals surface area contributed by atoms with Gasteiger partial charge in [0, 0.05) is 31.7 Å². The molecule has 1 aliphatic rings. The first kappa shape index (κ1) is 24.4. The van der Waals surface area contributed by atoms with Crippen molar-refractivity contribution in [2.24, 2.45) is 0 Å². The van der Waals surface area contributed by atoms with Crippen LogP contribution in [0, 0.1) is 0 Å². The van der Waals surface area contributed by atoms with E-state index in [0.717, 1.165) is 24.2 Å². The van der Waals surface area contributed by atoms with Gasteiger partial charge < -0.3 is 9.88 Å². The van der Waals surface area contributed by atoms with E-state index < -0.39 is 15.3 Å². The minimum Gasteiger partial charge on any atom is -0.325 e. The Morgan fingerprint density at radius 3 is 2.38 bits per heavy atom. The van der Waals surface area contributed by atoms with Gasteiger partial charge in [-0.15, -0.1) is 10.2 Å². The quantitative estimate of drug-likeness (QED) is 0.450. The summed E-state index contributed by atoms with van der Waals surface area (Å²) in [5.74, 6) is 0.675. The maximum atomic E-state index is 12.8. The molecule has 34 heavy (non-hydrogen) atoms. The number of sulfonamides is 1. The number of hydrogen-bond acceptors (Lipinski definition) is 6. The molecule has 0 unspecified atom stereocenters. The second-order valence-corrected chi connectivity index (χ2v) is 11.4. The number of hydrogen-bond donors (Lipinski definition) is 1. The minimum absolute atomic E-state index is 0.185. The molecule has 10 heteroatoms. The molecule has 180 valence electrons. The van der Waals surface area contributed by atoms with Crippen molar-refractivity contribution in [3.8, 4) is 0 Å². The van der Waals surface area contributed by atoms with Crippen molar-refractivity contribution in [2.75, 3.05) is 18.4 Å². The molecule has 1 aromatic heterocycles. The van der Waals surface area contributed by atoms with Gasteiger partial charge in [0.2, 0.25) is 15.9 Å². The second kappa shape index (κ2) is 10.7. The Labute approximate surface area is 204 Å². The topological polar surface area (TPSA) is 97.2 Å². The van der Waals surface area contributed by atoms with Crippen molar-refractivity contribution >= 4 is 33.4 Å². The summed E-state index contributed by atoms with van der Waals surface area (Å²) in [6.07, 6.45) is 2.46. The smallest absolute Gasteiger partial charge is 0.243 e. The van der Waals surface area contributed by atoms with E-state index in [9.17, 15) is 13.2 Å². The van der Waals surface area contributed by atoms with Crippen LogP contribution in [0.3, 0.4) is 0 Å². The van der Waals surface area contributed by atoms with E-state index in [1.165, 1.54) is 16.1 Å². The Balaban J connectivity index is 1.38. The molecule has 2 aromatic carbocycles. The van der Waals surface area contributed by atoms with Gasteiger partial charge in [0.15, 0.2) is 5.16 Å². The first-order valence-corrected chi connectivity index (χ1v) is 13.7. The number of carbonyl (C=O) groups excluding carboxylic acids is 1. The molecule has 0 aliphatic carbocycles. The Morgan fingerprint density at radius 2 is 1.74 bits per heavy atom. The van der Waals surface area contributed by atoms with Gasteiger partial charge in [-0.3, -0.25) is 4.79 Å². The summed E-state index contributed by atoms with van der Waals surface area (Å²) >= 11 is 1.35. The normalized spacial score (nSPS) is 15.4. The fourth-order valence-electron chi connectivity index (χ4n) is 3.88. The highest BCUT2D eigenvalue weighted by atomic mass is 32.2. The molecule has 1 N–H and O–H groups in total. The standard InChI is InChI=1S/C24H29N5O3S2/c1-3-29-22(17-19-9-5-4-6-10-19)26-27-24(29)33-18(2)23(30)25-20-11-13-21(14-12-20)34(31,32)28-15-7-8-16-28/h4-6,9-14,18H,3,7-8,15-17H2,1-2H3,(H,25,30)/t18-/m0/s1. The molecule has 0 saturated carbocycles. The highest BCUT2D eigenvalue weighted by molar-refractivity contribution is 8.00. The van der Waals surface area contributed by atoms with Crippen LogP contribution in [0.5, 0.6) is 0 Å². The number of nitrogens with one attached hydrogen (secondary N) is 1. The molecule has 1 amide bonds. The van der Waals surface area contributed by atoms with Crippen LogP contribution in [0.2, 0.25) is 0 Å². The zero-order valence-electron chi connectivity index (χ0n) is 19.3. The van der Waals surface area contributed by atoms with E-state index in [4.69, 9.17) is 0 Å². The first-order valence-electron chi connectivity index (χ1n) is 11.4. The maximum absolute atomic E-state index is 12.8. The SMILES string of the molecule is CCn1c(Cc2ccccc2)nnc1S[C@@H](C)C(=O)Nc1ccc(S(=O)(=O)N2CCCC2)cc1. The molecular weight excluding hydrogens is 470 g/mol. The van der Waals surface area contributed by atoms with Gasteiger partial charge in [0.1, 0.15) is 5.82 Å². The van der Waals surface area contributed by atoms with Gasteiger partial charge in [-0.05, 0) is 56.5 Å². The van der Waals surface area contributed by atoms with Crippen molar-refractivity contribution in [1.29, 1.82) is 0 Å². The molecule has 3 aromatic rings. The maximum Gasteiger partial charge on any atom is 0.243 e. The van der Waals surface area contributed by atoms with E-state index >= 15 is 0 Å². The Bertz CT molecular complexity index is 1220. The lowest BCUT2D eigenvalue weighted by molar-refractivity contribution is -0.115. The van der Waals surface area contributed by atoms with E-state index in [-0.39, 0.29) is 10.8 Å². The van der Waals surface area contributed by atoms with E-state index in [0.29, 0.717) is 36.9 Å². The van der Waals surface area contributed by atoms with Gasteiger partial charge in [0.25, 0.3) is 0 Å². The number of carbonyl (C=O) groups is 1. The van der Waals surface area contributed by atoms with Crippen molar-refractivity contribution in [2.45, 2.75) is 55.0 Å². The molecule has 0 bridgehead atoms. The molecule has 8 nitrogen and oxygen atoms in total. The molecule has 1 aliphatic heterocycles. The molecule has 1 fully saturated rings. The molecule has 1 atom stereocenters. The first-order chi connectivity index (χ1) is 16.4. The highest BCUT2D eigenvalue weighted by Gasteiger charge is 2.27. The zero-order chi connectivity index (χ0) is 24.1. The lowest BCUT2D eigenvalue weighted by Crippen LogP contribution is -2.27. The number of benzene rings is 2. The average molecular weight is 500 g/mol. The minimum atomic E-state index is -3.47. The summed E-state index contributed by atoms with van der Waals surface area (Å²) in [5.41, 5.74) is 1.71. The highest BCUT2D eigenvalue weighted by Crippen LogP contribution is 2.26. The monoisotopic (exact) mass is 499 g/mol. The lowest BCUT2D eigenvalue weighted by Gasteiger charge is -2.16.